The van der Waals surface area contributed by atoms with Crippen LogP contribution in [0.5, 0.6) is 0 Å². The first-order valence-electron chi connectivity index (χ1n) is 3.22. The molecule has 0 heterocycles. The van der Waals surface area contributed by atoms with E-state index in [1.165, 1.54) is 0 Å². The number of aliphatic carboxylic acids is 1. The summed E-state index contributed by atoms with van der Waals surface area (Å²) in [5.41, 5.74) is -0.0957. The first-order valence-corrected chi connectivity index (χ1v) is 3.75. The summed E-state index contributed by atoms with van der Waals surface area (Å²) in [6.45, 7) is 5.08. The summed E-state index contributed by atoms with van der Waals surface area (Å²) in [4.78, 5) is 9.00. The van der Waals surface area contributed by atoms with Gasteiger partial charge in [0.25, 0.3) is 5.97 Å². The first kappa shape index (κ1) is 13.3. The maximum absolute atomic E-state index is 9.00. The zero-order chi connectivity index (χ0) is 9.49. The first-order chi connectivity index (χ1) is 4.85. The molecule has 0 fully saturated rings. The minimum absolute atomic E-state index is 0.0957. The van der Waals surface area contributed by atoms with E-state index < -0.39 is 5.97 Å². The smallest absolute Gasteiger partial charge is 0.300 e. The molecule has 0 saturated carbocycles. The van der Waals surface area contributed by atoms with Gasteiger partial charge in [0.1, 0.15) is 0 Å². The second-order valence-corrected chi connectivity index (χ2v) is 3.24. The van der Waals surface area contributed by atoms with Crippen molar-refractivity contribution in [3.63, 3.8) is 0 Å². The minimum Gasteiger partial charge on any atom is -0.481 e. The average Bonchev–Trinajstić information content (AvgIpc) is 1.87. The van der Waals surface area contributed by atoms with Crippen LogP contribution in [-0.2, 0) is 4.79 Å². The van der Waals surface area contributed by atoms with Gasteiger partial charge in [0.05, 0.1) is 0 Å². The maximum Gasteiger partial charge on any atom is 0.300 e. The Labute approximate surface area is 72.0 Å². The van der Waals surface area contributed by atoms with Crippen molar-refractivity contribution in [2.75, 3.05) is 12.5 Å². The molecule has 3 nitrogen and oxygen atoms in total. The van der Waals surface area contributed by atoms with Crippen LogP contribution < -0.4 is 0 Å². The molecule has 2 N–H and O–H groups in total. The second kappa shape index (κ2) is 6.43. The van der Waals surface area contributed by atoms with Crippen molar-refractivity contribution in [1.82, 2.24) is 0 Å². The fraction of sp³-hybridized carbons (Fsp3) is 0.857. The summed E-state index contributed by atoms with van der Waals surface area (Å²) in [6.07, 6.45) is 0. The topological polar surface area (TPSA) is 57.5 Å². The van der Waals surface area contributed by atoms with Crippen LogP contribution in [0.3, 0.4) is 0 Å². The van der Waals surface area contributed by atoms with Crippen LogP contribution in [0.4, 0.5) is 0 Å². The number of rotatable bonds is 2. The molecule has 0 aromatic carbocycles. The number of carboxylic acid groups (broad SMARTS) is 1. The Morgan fingerprint density at radius 2 is 1.82 bits per heavy atom. The molecule has 0 saturated heterocycles. The van der Waals surface area contributed by atoms with E-state index in [-0.39, 0.29) is 12.0 Å². The predicted octanol–water partition coefficient (Wildman–Crippen LogP) is 1.33. The fourth-order valence-electron chi connectivity index (χ4n) is 0.0423. The second-order valence-electron chi connectivity index (χ2n) is 2.97. The van der Waals surface area contributed by atoms with Crippen LogP contribution in [0.15, 0.2) is 0 Å². The normalized spacial score (nSPS) is 9.91. The number of alkyl halides is 1. The van der Waals surface area contributed by atoms with Gasteiger partial charge in [-0.25, -0.2) is 0 Å². The summed E-state index contributed by atoms with van der Waals surface area (Å²) < 4.78 is 0. The van der Waals surface area contributed by atoms with Crippen LogP contribution in [0.2, 0.25) is 0 Å². The highest BCUT2D eigenvalue weighted by Crippen LogP contribution is 2.14. The van der Waals surface area contributed by atoms with Gasteiger partial charge in [-0.05, 0) is 0 Å². The van der Waals surface area contributed by atoms with Gasteiger partial charge in [-0.15, -0.1) is 11.6 Å². The van der Waals surface area contributed by atoms with Crippen molar-refractivity contribution in [1.29, 1.82) is 0 Å². The fourth-order valence-corrected chi connectivity index (χ4v) is 0.127. The van der Waals surface area contributed by atoms with Gasteiger partial charge in [-0.2, -0.15) is 0 Å². The highest BCUT2D eigenvalue weighted by Gasteiger charge is 2.13. The number of carboxylic acids is 1. The van der Waals surface area contributed by atoms with Crippen molar-refractivity contribution < 1.29 is 15.0 Å². The molecule has 0 aromatic rings. The van der Waals surface area contributed by atoms with Crippen molar-refractivity contribution in [2.45, 2.75) is 20.8 Å². The third-order valence-corrected chi connectivity index (χ3v) is 1.51. The molecule has 0 aliphatic carbocycles. The van der Waals surface area contributed by atoms with Crippen molar-refractivity contribution in [3.05, 3.63) is 0 Å². The maximum atomic E-state index is 9.00. The third-order valence-electron chi connectivity index (χ3n) is 0.790. The van der Waals surface area contributed by atoms with Crippen LogP contribution in [0.25, 0.3) is 0 Å². The van der Waals surface area contributed by atoms with E-state index >= 15 is 0 Å². The zero-order valence-corrected chi connectivity index (χ0v) is 7.85. The Hall–Kier alpha value is -0.280. The molecular formula is C7H15ClO3. The molecule has 0 aliphatic heterocycles. The van der Waals surface area contributed by atoms with Crippen molar-refractivity contribution in [2.24, 2.45) is 5.41 Å². The summed E-state index contributed by atoms with van der Waals surface area (Å²) in [5.74, 6) is -0.316. The molecule has 0 amide bonds. The molecule has 0 radical (unpaired) electrons. The lowest BCUT2D eigenvalue weighted by atomic mass is 9.99. The molecule has 0 spiro atoms. The molecule has 0 aromatic heterocycles. The minimum atomic E-state index is -0.833. The SMILES string of the molecule is CC(=O)O.CC(C)(CO)CCl. The van der Waals surface area contributed by atoms with Crippen molar-refractivity contribution in [3.8, 4) is 0 Å². The van der Waals surface area contributed by atoms with Crippen LogP contribution in [0, 0.1) is 5.41 Å². The Kier molecular flexibility index (Phi) is 7.79. The molecule has 68 valence electrons. The van der Waals surface area contributed by atoms with Crippen LogP contribution in [-0.4, -0.2) is 28.7 Å². The van der Waals surface area contributed by atoms with Crippen LogP contribution >= 0.6 is 11.6 Å². The predicted molar refractivity (Wildman–Crippen MR) is 44.9 cm³/mol. The van der Waals surface area contributed by atoms with E-state index in [0.29, 0.717) is 5.88 Å². The van der Waals surface area contributed by atoms with E-state index in [0.717, 1.165) is 6.92 Å². The summed E-state index contributed by atoms with van der Waals surface area (Å²) in [6, 6.07) is 0. The van der Waals surface area contributed by atoms with E-state index in [1.807, 2.05) is 13.8 Å². The van der Waals surface area contributed by atoms with Gasteiger partial charge >= 0.3 is 0 Å². The van der Waals surface area contributed by atoms with Crippen LogP contribution in [0.1, 0.15) is 20.8 Å². The standard InChI is InChI=1S/C5H11ClO.C2H4O2/c1-5(2,3-6)4-7;1-2(3)4/h7H,3-4H2,1-2H3;1H3,(H,3,4). The molecule has 0 rings (SSSR count). The van der Waals surface area contributed by atoms with E-state index in [4.69, 9.17) is 26.6 Å². The van der Waals surface area contributed by atoms with Gasteiger partial charge < -0.3 is 10.2 Å². The highest BCUT2D eigenvalue weighted by molar-refractivity contribution is 6.18. The summed E-state index contributed by atoms with van der Waals surface area (Å²) in [5, 5.41) is 15.9. The number of hydrogen-bond donors (Lipinski definition) is 2. The van der Waals surface area contributed by atoms with E-state index in [2.05, 4.69) is 0 Å². The highest BCUT2D eigenvalue weighted by atomic mass is 35.5. The monoisotopic (exact) mass is 182 g/mol. The zero-order valence-electron chi connectivity index (χ0n) is 7.09. The Balaban J connectivity index is 0. The number of carbonyl (C=O) groups is 1. The molecule has 0 atom stereocenters. The average molecular weight is 183 g/mol. The lowest BCUT2D eigenvalue weighted by Gasteiger charge is -2.15. The van der Waals surface area contributed by atoms with Crippen molar-refractivity contribution >= 4 is 17.6 Å². The molecule has 0 aliphatic rings. The molecule has 0 bridgehead atoms. The number of aliphatic hydroxyl groups is 1. The lowest BCUT2D eigenvalue weighted by molar-refractivity contribution is -0.134. The van der Waals surface area contributed by atoms with Gasteiger partial charge in [-0.1, -0.05) is 13.8 Å². The Morgan fingerprint density at radius 1 is 1.55 bits per heavy atom. The molecule has 11 heavy (non-hydrogen) atoms. The van der Waals surface area contributed by atoms with E-state index in [1.54, 1.807) is 0 Å². The van der Waals surface area contributed by atoms with Gasteiger partial charge in [-0.3, -0.25) is 4.79 Å². The Morgan fingerprint density at radius 3 is 1.82 bits per heavy atom. The van der Waals surface area contributed by atoms with Gasteiger partial charge in [0.2, 0.25) is 0 Å². The number of halogens is 1. The van der Waals surface area contributed by atoms with Gasteiger partial charge in [0.15, 0.2) is 0 Å². The van der Waals surface area contributed by atoms with Gasteiger partial charge in [0, 0.05) is 24.8 Å². The Bertz CT molecular complexity index is 102. The largest absolute Gasteiger partial charge is 0.481 e. The molecule has 0 unspecified atom stereocenters. The molecule has 4 heteroatoms. The lowest BCUT2D eigenvalue weighted by Crippen LogP contribution is -2.17. The molecular weight excluding hydrogens is 168 g/mol. The summed E-state index contributed by atoms with van der Waals surface area (Å²) >= 11 is 5.43. The number of aliphatic hydroxyl groups excluding tert-OH is 1. The quantitative estimate of drug-likeness (QED) is 0.634. The van der Waals surface area contributed by atoms with E-state index in [9.17, 15) is 0 Å². The third kappa shape index (κ3) is 17.7. The summed E-state index contributed by atoms with van der Waals surface area (Å²) in [7, 11) is 0. The number of hydrogen-bond acceptors (Lipinski definition) is 2.